The van der Waals surface area contributed by atoms with Crippen LogP contribution >= 0.6 is 0 Å². The molecule has 0 spiro atoms. The monoisotopic (exact) mass is 193 g/mol. The van der Waals surface area contributed by atoms with Gasteiger partial charge < -0.3 is 10.2 Å². The van der Waals surface area contributed by atoms with E-state index in [2.05, 4.69) is 24.2 Å². The zero-order valence-electron chi connectivity index (χ0n) is 8.79. The molecule has 1 unspecified atom stereocenters. The van der Waals surface area contributed by atoms with Crippen LogP contribution in [0.25, 0.3) is 0 Å². The summed E-state index contributed by atoms with van der Waals surface area (Å²) in [6.07, 6.45) is 0. The first-order valence-electron chi connectivity index (χ1n) is 4.88. The molecule has 1 amide bonds. The number of hydrogen-bond acceptors (Lipinski definition) is 3. The molecule has 0 aromatic rings. The van der Waals surface area contributed by atoms with Crippen LogP contribution in [0.2, 0.25) is 0 Å². The third-order valence-electron chi connectivity index (χ3n) is 2.93. The predicted molar refractivity (Wildman–Crippen MR) is 55.0 cm³/mol. The van der Waals surface area contributed by atoms with Gasteiger partial charge in [-0.25, -0.2) is 0 Å². The second-order valence-corrected chi connectivity index (χ2v) is 3.84. The summed E-state index contributed by atoms with van der Waals surface area (Å²) in [5.41, 5.74) is 2.47. The van der Waals surface area contributed by atoms with Gasteiger partial charge in [0, 0.05) is 5.70 Å². The first-order valence-corrected chi connectivity index (χ1v) is 4.88. The molecule has 2 aliphatic heterocycles. The number of nitrogens with one attached hydrogen (secondary N) is 1. The second-order valence-electron chi connectivity index (χ2n) is 3.84. The smallest absolute Gasteiger partial charge is 0.240 e. The molecule has 0 radical (unpaired) electrons. The molecule has 0 aliphatic carbocycles. The standard InChI is InChI=1S/C10H15N3O/c1-6-7(2)12-8(3)13-5-10(14)11-4-9(6)13/h7H,4-5H2,1-3H3,(H,11,14). The lowest BCUT2D eigenvalue weighted by Gasteiger charge is -2.36. The van der Waals surface area contributed by atoms with Crippen molar-refractivity contribution >= 4 is 11.7 Å². The number of amidine groups is 1. The molecule has 4 nitrogen and oxygen atoms in total. The Labute approximate surface area is 83.7 Å². The summed E-state index contributed by atoms with van der Waals surface area (Å²) >= 11 is 0. The zero-order chi connectivity index (χ0) is 10.3. The highest BCUT2D eigenvalue weighted by atomic mass is 16.2. The normalized spacial score (nSPS) is 27.1. The summed E-state index contributed by atoms with van der Waals surface area (Å²) in [6, 6.07) is 0.247. The number of fused-ring (bicyclic) bond motifs is 1. The molecular formula is C10H15N3O. The molecule has 2 aliphatic rings. The van der Waals surface area contributed by atoms with Crippen LogP contribution in [0.4, 0.5) is 0 Å². The highest BCUT2D eigenvalue weighted by Crippen LogP contribution is 2.22. The van der Waals surface area contributed by atoms with Crippen molar-refractivity contribution in [2.75, 3.05) is 13.1 Å². The minimum atomic E-state index is 0.0747. The van der Waals surface area contributed by atoms with Crippen molar-refractivity contribution in [3.8, 4) is 0 Å². The van der Waals surface area contributed by atoms with Crippen molar-refractivity contribution in [1.82, 2.24) is 10.2 Å². The Balaban J connectivity index is 2.35. The van der Waals surface area contributed by atoms with Crippen LogP contribution in [0.15, 0.2) is 16.3 Å². The maximum Gasteiger partial charge on any atom is 0.240 e. The van der Waals surface area contributed by atoms with E-state index >= 15 is 0 Å². The average Bonchev–Trinajstić information content (AvgIpc) is 2.14. The maximum atomic E-state index is 11.2. The molecule has 0 aromatic carbocycles. The number of carbonyl (C=O) groups excluding carboxylic acids is 1. The second kappa shape index (κ2) is 3.12. The molecule has 4 heteroatoms. The summed E-state index contributed by atoms with van der Waals surface area (Å²) in [7, 11) is 0. The Morgan fingerprint density at radius 3 is 2.93 bits per heavy atom. The van der Waals surface area contributed by atoms with Crippen molar-refractivity contribution in [2.45, 2.75) is 26.8 Å². The first-order chi connectivity index (χ1) is 6.59. The minimum Gasteiger partial charge on any atom is -0.349 e. The fourth-order valence-electron chi connectivity index (χ4n) is 1.92. The van der Waals surface area contributed by atoms with Gasteiger partial charge in [0.25, 0.3) is 0 Å². The molecule has 2 heterocycles. The third kappa shape index (κ3) is 1.31. The van der Waals surface area contributed by atoms with E-state index in [0.717, 1.165) is 5.84 Å². The molecule has 0 saturated carbocycles. The van der Waals surface area contributed by atoms with Crippen LogP contribution in [0.1, 0.15) is 20.8 Å². The van der Waals surface area contributed by atoms with Crippen molar-refractivity contribution in [3.63, 3.8) is 0 Å². The van der Waals surface area contributed by atoms with Gasteiger partial charge in [-0.3, -0.25) is 9.79 Å². The molecule has 1 saturated heterocycles. The van der Waals surface area contributed by atoms with E-state index < -0.39 is 0 Å². The lowest BCUT2D eigenvalue weighted by atomic mass is 10.0. The maximum absolute atomic E-state index is 11.2. The predicted octanol–water partition coefficient (Wildman–Crippen LogP) is 0.513. The molecule has 0 bridgehead atoms. The Morgan fingerprint density at radius 2 is 2.21 bits per heavy atom. The molecule has 76 valence electrons. The van der Waals surface area contributed by atoms with Crippen molar-refractivity contribution < 1.29 is 4.79 Å². The number of hydrogen-bond donors (Lipinski definition) is 1. The molecular weight excluding hydrogens is 178 g/mol. The Hall–Kier alpha value is -1.32. The molecule has 0 aromatic heterocycles. The number of nitrogens with zero attached hydrogens (tertiary/aromatic N) is 2. The highest BCUT2D eigenvalue weighted by molar-refractivity contribution is 5.90. The van der Waals surface area contributed by atoms with E-state index in [1.54, 1.807) is 0 Å². The topological polar surface area (TPSA) is 44.7 Å². The van der Waals surface area contributed by atoms with Gasteiger partial charge in [0.15, 0.2) is 0 Å². The Morgan fingerprint density at radius 1 is 1.50 bits per heavy atom. The van der Waals surface area contributed by atoms with Gasteiger partial charge in [0.2, 0.25) is 5.91 Å². The molecule has 1 N–H and O–H groups in total. The molecule has 1 atom stereocenters. The Bertz CT molecular complexity index is 343. The fourth-order valence-corrected chi connectivity index (χ4v) is 1.92. The zero-order valence-corrected chi connectivity index (χ0v) is 8.79. The van der Waals surface area contributed by atoms with Crippen molar-refractivity contribution in [1.29, 1.82) is 0 Å². The summed E-state index contributed by atoms with van der Waals surface area (Å²) in [6.45, 7) is 7.18. The number of aliphatic imine (C=N–C) groups is 1. The quantitative estimate of drug-likeness (QED) is 0.609. The fraction of sp³-hybridized carbons (Fsp3) is 0.600. The summed E-state index contributed by atoms with van der Waals surface area (Å²) in [5, 5.41) is 2.86. The number of rotatable bonds is 0. The van der Waals surface area contributed by atoms with Gasteiger partial charge >= 0.3 is 0 Å². The van der Waals surface area contributed by atoms with E-state index in [4.69, 9.17) is 0 Å². The number of amides is 1. The molecule has 14 heavy (non-hydrogen) atoms. The number of carbonyl (C=O) groups is 1. The van der Waals surface area contributed by atoms with Gasteiger partial charge in [0.05, 0.1) is 12.6 Å². The van der Waals surface area contributed by atoms with E-state index in [1.807, 2.05) is 11.8 Å². The highest BCUT2D eigenvalue weighted by Gasteiger charge is 2.28. The number of piperazine rings is 1. The lowest BCUT2D eigenvalue weighted by molar-refractivity contribution is -0.122. The van der Waals surface area contributed by atoms with Crippen LogP contribution in [-0.2, 0) is 4.79 Å². The largest absolute Gasteiger partial charge is 0.349 e. The SMILES string of the molecule is CC1=NC(C)C(C)=C2CNC(=O)CN12. The lowest BCUT2D eigenvalue weighted by Crippen LogP contribution is -2.50. The molecule has 1 fully saturated rings. The molecule has 2 rings (SSSR count). The third-order valence-corrected chi connectivity index (χ3v) is 2.93. The minimum absolute atomic E-state index is 0.0747. The van der Waals surface area contributed by atoms with Crippen LogP contribution in [0.3, 0.4) is 0 Å². The van der Waals surface area contributed by atoms with E-state index in [9.17, 15) is 4.79 Å². The van der Waals surface area contributed by atoms with Crippen LogP contribution < -0.4 is 5.32 Å². The van der Waals surface area contributed by atoms with Crippen LogP contribution in [0, 0.1) is 0 Å². The van der Waals surface area contributed by atoms with E-state index in [1.165, 1.54) is 11.3 Å². The van der Waals surface area contributed by atoms with Gasteiger partial charge in [0.1, 0.15) is 12.4 Å². The summed E-state index contributed by atoms with van der Waals surface area (Å²) in [4.78, 5) is 17.7. The first kappa shape index (κ1) is 9.24. The van der Waals surface area contributed by atoms with E-state index in [0.29, 0.717) is 13.1 Å². The summed E-state index contributed by atoms with van der Waals surface area (Å²) in [5.74, 6) is 1.03. The average molecular weight is 193 g/mol. The van der Waals surface area contributed by atoms with Gasteiger partial charge in [-0.2, -0.15) is 0 Å². The van der Waals surface area contributed by atoms with E-state index in [-0.39, 0.29) is 11.9 Å². The van der Waals surface area contributed by atoms with Crippen LogP contribution in [0.5, 0.6) is 0 Å². The summed E-state index contributed by atoms with van der Waals surface area (Å²) < 4.78 is 0. The van der Waals surface area contributed by atoms with Gasteiger partial charge in [-0.1, -0.05) is 0 Å². The Kier molecular flexibility index (Phi) is 2.06. The van der Waals surface area contributed by atoms with Crippen LogP contribution in [-0.4, -0.2) is 35.8 Å². The van der Waals surface area contributed by atoms with Gasteiger partial charge in [-0.15, -0.1) is 0 Å². The van der Waals surface area contributed by atoms with Crippen molar-refractivity contribution in [3.05, 3.63) is 11.3 Å². The van der Waals surface area contributed by atoms with Gasteiger partial charge in [-0.05, 0) is 26.3 Å². The van der Waals surface area contributed by atoms with Crippen molar-refractivity contribution in [2.24, 2.45) is 4.99 Å².